The van der Waals surface area contributed by atoms with Crippen molar-refractivity contribution in [3.8, 4) is 0 Å². The van der Waals surface area contributed by atoms with Crippen LogP contribution in [0.1, 0.15) is 24.1 Å². The van der Waals surface area contributed by atoms with Gasteiger partial charge in [0.2, 0.25) is 0 Å². The van der Waals surface area contributed by atoms with E-state index < -0.39 is 0 Å². The van der Waals surface area contributed by atoms with Crippen LogP contribution >= 0.6 is 0 Å². The lowest BCUT2D eigenvalue weighted by atomic mass is 10.1. The van der Waals surface area contributed by atoms with Crippen molar-refractivity contribution >= 4 is 5.69 Å². The van der Waals surface area contributed by atoms with Crippen LogP contribution in [0, 0.1) is 5.82 Å². The summed E-state index contributed by atoms with van der Waals surface area (Å²) < 4.78 is 18.2. The molecule has 1 atom stereocenters. The summed E-state index contributed by atoms with van der Waals surface area (Å²) in [4.78, 5) is 3.86. The second-order valence-electron chi connectivity index (χ2n) is 4.44. The topological polar surface area (TPSA) is 34.1 Å². The fraction of sp³-hybridized carbons (Fsp3) is 0.267. The molecule has 3 nitrogen and oxygen atoms in total. The van der Waals surface area contributed by atoms with Crippen LogP contribution in [0.5, 0.6) is 0 Å². The van der Waals surface area contributed by atoms with E-state index >= 15 is 0 Å². The van der Waals surface area contributed by atoms with Crippen molar-refractivity contribution in [3.63, 3.8) is 0 Å². The second-order valence-corrected chi connectivity index (χ2v) is 4.44. The molecule has 100 valence electrons. The van der Waals surface area contributed by atoms with Gasteiger partial charge in [-0.25, -0.2) is 4.39 Å². The maximum atomic E-state index is 13.1. The van der Waals surface area contributed by atoms with Crippen molar-refractivity contribution < 1.29 is 9.13 Å². The number of methoxy groups -OCH3 is 1. The molecule has 0 amide bonds. The highest BCUT2D eigenvalue weighted by Crippen LogP contribution is 2.20. The smallest absolute Gasteiger partial charge is 0.141 e. The molecule has 2 aromatic rings. The summed E-state index contributed by atoms with van der Waals surface area (Å²) in [5, 5.41) is 3.32. The molecular formula is C15H17FN2O. The first-order valence-corrected chi connectivity index (χ1v) is 6.14. The molecule has 1 heterocycles. The Labute approximate surface area is 112 Å². The van der Waals surface area contributed by atoms with E-state index in [4.69, 9.17) is 4.74 Å². The molecule has 0 aliphatic carbocycles. The van der Waals surface area contributed by atoms with E-state index in [0.717, 1.165) is 16.8 Å². The van der Waals surface area contributed by atoms with Crippen LogP contribution in [-0.2, 0) is 11.3 Å². The summed E-state index contributed by atoms with van der Waals surface area (Å²) in [6, 6.07) is 9.44. The zero-order valence-electron chi connectivity index (χ0n) is 11.1. The molecule has 0 aliphatic rings. The number of aromatic nitrogens is 1. The van der Waals surface area contributed by atoms with Crippen LogP contribution in [-0.4, -0.2) is 12.1 Å². The summed E-state index contributed by atoms with van der Waals surface area (Å²) in [6.45, 7) is 2.55. The molecule has 0 bridgehead atoms. The molecule has 0 saturated heterocycles. The first-order chi connectivity index (χ1) is 9.19. The van der Waals surface area contributed by atoms with Crippen molar-refractivity contribution in [1.29, 1.82) is 0 Å². The van der Waals surface area contributed by atoms with Gasteiger partial charge in [0, 0.05) is 19.0 Å². The summed E-state index contributed by atoms with van der Waals surface area (Å²) in [5.74, 6) is -0.320. The predicted octanol–water partition coefficient (Wildman–Crippen LogP) is 3.54. The number of anilines is 1. The van der Waals surface area contributed by atoms with Crippen molar-refractivity contribution in [2.45, 2.75) is 19.6 Å². The minimum absolute atomic E-state index is 0.0130. The number of ether oxygens (including phenoxy) is 1. The average molecular weight is 260 g/mol. The molecule has 19 heavy (non-hydrogen) atoms. The van der Waals surface area contributed by atoms with Gasteiger partial charge in [-0.2, -0.15) is 0 Å². The molecule has 1 aromatic heterocycles. The van der Waals surface area contributed by atoms with Crippen LogP contribution in [0.2, 0.25) is 0 Å². The average Bonchev–Trinajstić information content (AvgIpc) is 2.39. The van der Waals surface area contributed by atoms with Gasteiger partial charge in [0.05, 0.1) is 18.8 Å². The summed E-state index contributed by atoms with van der Waals surface area (Å²) in [7, 11) is 1.67. The van der Waals surface area contributed by atoms with E-state index in [1.807, 2.05) is 31.2 Å². The standard InChI is InChI=1S/C15H17FN2O/c1-11(13-7-14(16)9-17-8-13)18-15-5-3-4-12(6-15)10-19-2/h3-9,11,18H,10H2,1-2H3. The Kier molecular flexibility index (Phi) is 4.47. The molecule has 2 rings (SSSR count). The number of nitrogens with one attached hydrogen (secondary N) is 1. The van der Waals surface area contributed by atoms with Gasteiger partial charge < -0.3 is 10.1 Å². The second kappa shape index (κ2) is 6.29. The van der Waals surface area contributed by atoms with Crippen molar-refractivity contribution in [2.24, 2.45) is 0 Å². The van der Waals surface area contributed by atoms with Gasteiger partial charge in [0.15, 0.2) is 0 Å². The maximum Gasteiger partial charge on any atom is 0.141 e. The number of halogens is 1. The van der Waals surface area contributed by atoms with Gasteiger partial charge in [-0.3, -0.25) is 4.98 Å². The molecule has 4 heteroatoms. The van der Waals surface area contributed by atoms with Crippen LogP contribution < -0.4 is 5.32 Å². The molecule has 1 unspecified atom stereocenters. The van der Waals surface area contributed by atoms with Gasteiger partial charge in [-0.15, -0.1) is 0 Å². The third kappa shape index (κ3) is 3.76. The fourth-order valence-electron chi connectivity index (χ4n) is 1.92. The van der Waals surface area contributed by atoms with Crippen molar-refractivity contribution in [1.82, 2.24) is 4.98 Å². The van der Waals surface area contributed by atoms with Crippen LogP contribution in [0.25, 0.3) is 0 Å². The number of benzene rings is 1. The normalized spacial score (nSPS) is 12.2. The van der Waals surface area contributed by atoms with Gasteiger partial charge >= 0.3 is 0 Å². The van der Waals surface area contributed by atoms with Gasteiger partial charge in [-0.1, -0.05) is 12.1 Å². The third-order valence-corrected chi connectivity index (χ3v) is 2.85. The molecule has 0 radical (unpaired) electrons. The predicted molar refractivity (Wildman–Crippen MR) is 73.4 cm³/mol. The summed E-state index contributed by atoms with van der Waals surface area (Å²) >= 11 is 0. The van der Waals surface area contributed by atoms with E-state index in [1.54, 1.807) is 13.3 Å². The molecule has 1 aromatic carbocycles. The highest BCUT2D eigenvalue weighted by Gasteiger charge is 2.07. The number of hydrogen-bond donors (Lipinski definition) is 1. The van der Waals surface area contributed by atoms with E-state index in [1.165, 1.54) is 12.3 Å². The summed E-state index contributed by atoms with van der Waals surface area (Å²) in [5.41, 5.74) is 2.89. The zero-order valence-corrected chi connectivity index (χ0v) is 11.1. The zero-order chi connectivity index (χ0) is 13.7. The van der Waals surface area contributed by atoms with Gasteiger partial charge in [0.25, 0.3) is 0 Å². The number of hydrogen-bond acceptors (Lipinski definition) is 3. The van der Waals surface area contributed by atoms with Crippen LogP contribution in [0.15, 0.2) is 42.7 Å². The Morgan fingerprint density at radius 3 is 2.89 bits per heavy atom. The fourth-order valence-corrected chi connectivity index (χ4v) is 1.92. The van der Waals surface area contributed by atoms with Gasteiger partial charge in [0.1, 0.15) is 5.82 Å². The van der Waals surface area contributed by atoms with E-state index in [9.17, 15) is 4.39 Å². The largest absolute Gasteiger partial charge is 0.380 e. The Morgan fingerprint density at radius 1 is 1.32 bits per heavy atom. The van der Waals surface area contributed by atoms with Gasteiger partial charge in [-0.05, 0) is 36.2 Å². The minimum Gasteiger partial charge on any atom is -0.380 e. The number of pyridine rings is 1. The highest BCUT2D eigenvalue weighted by atomic mass is 19.1. The molecule has 1 N–H and O–H groups in total. The molecule has 0 spiro atoms. The van der Waals surface area contributed by atoms with E-state index in [2.05, 4.69) is 10.3 Å². The van der Waals surface area contributed by atoms with E-state index in [0.29, 0.717) is 6.61 Å². The minimum atomic E-state index is -0.320. The Morgan fingerprint density at radius 2 is 2.16 bits per heavy atom. The molecule has 0 fully saturated rings. The Bertz CT molecular complexity index is 545. The lowest BCUT2D eigenvalue weighted by molar-refractivity contribution is 0.185. The first kappa shape index (κ1) is 13.5. The lowest BCUT2D eigenvalue weighted by Crippen LogP contribution is -2.07. The summed E-state index contributed by atoms with van der Waals surface area (Å²) in [6.07, 6.45) is 2.87. The molecule has 0 saturated carbocycles. The quantitative estimate of drug-likeness (QED) is 0.892. The van der Waals surface area contributed by atoms with Crippen molar-refractivity contribution in [2.75, 3.05) is 12.4 Å². The number of nitrogens with zero attached hydrogens (tertiary/aromatic N) is 1. The molecular weight excluding hydrogens is 243 g/mol. The monoisotopic (exact) mass is 260 g/mol. The molecule has 0 aliphatic heterocycles. The Hall–Kier alpha value is -1.94. The number of rotatable bonds is 5. The Balaban J connectivity index is 2.10. The van der Waals surface area contributed by atoms with E-state index in [-0.39, 0.29) is 11.9 Å². The SMILES string of the molecule is COCc1cccc(NC(C)c2cncc(F)c2)c1. The van der Waals surface area contributed by atoms with Crippen molar-refractivity contribution in [3.05, 3.63) is 59.7 Å². The van der Waals surface area contributed by atoms with Crippen LogP contribution in [0.3, 0.4) is 0 Å². The first-order valence-electron chi connectivity index (χ1n) is 6.14. The maximum absolute atomic E-state index is 13.1. The third-order valence-electron chi connectivity index (χ3n) is 2.85. The van der Waals surface area contributed by atoms with Crippen LogP contribution in [0.4, 0.5) is 10.1 Å². The lowest BCUT2D eigenvalue weighted by Gasteiger charge is -2.16. The highest BCUT2D eigenvalue weighted by molar-refractivity contribution is 5.47.